The van der Waals surface area contributed by atoms with Crippen LogP contribution >= 0.6 is 27.7 Å². The summed E-state index contributed by atoms with van der Waals surface area (Å²) in [6, 6.07) is 5.78. The monoisotopic (exact) mass is 378 g/mol. The Labute approximate surface area is 133 Å². The Morgan fingerprint density at radius 2 is 2.25 bits per heavy atom. The van der Waals surface area contributed by atoms with Gasteiger partial charge >= 0.3 is 0 Å². The Kier molecular flexibility index (Phi) is 5.39. The number of hydrogen-bond donors (Lipinski definition) is 1. The van der Waals surface area contributed by atoms with E-state index in [9.17, 15) is 8.42 Å². The molecule has 1 aromatic rings. The first-order valence-electron chi connectivity index (χ1n) is 6.49. The zero-order valence-electron chi connectivity index (χ0n) is 11.4. The van der Waals surface area contributed by atoms with Gasteiger partial charge < -0.3 is 5.73 Å². The Morgan fingerprint density at radius 3 is 2.90 bits per heavy atom. The molecule has 1 aliphatic rings. The van der Waals surface area contributed by atoms with Crippen molar-refractivity contribution in [2.24, 2.45) is 5.92 Å². The highest BCUT2D eigenvalue weighted by Gasteiger charge is 2.25. The quantitative estimate of drug-likeness (QED) is 0.646. The van der Waals surface area contributed by atoms with E-state index in [1.807, 2.05) is 18.2 Å². The molecule has 1 atom stereocenters. The Bertz CT molecular complexity index is 578. The third-order valence-corrected chi connectivity index (χ3v) is 6.87. The van der Waals surface area contributed by atoms with Crippen molar-refractivity contribution in [2.45, 2.75) is 17.7 Å². The van der Waals surface area contributed by atoms with Crippen LogP contribution in [0.3, 0.4) is 0 Å². The van der Waals surface area contributed by atoms with Crippen LogP contribution < -0.4 is 5.73 Å². The molecule has 0 amide bonds. The third-order valence-electron chi connectivity index (χ3n) is 3.38. The second kappa shape index (κ2) is 6.68. The number of rotatable bonds is 4. The molecule has 1 fully saturated rings. The van der Waals surface area contributed by atoms with Crippen LogP contribution in [0.1, 0.15) is 12.8 Å². The molecule has 112 valence electrons. The van der Waals surface area contributed by atoms with E-state index in [2.05, 4.69) is 15.9 Å². The fraction of sp³-hybridized carbons (Fsp3) is 0.538. The summed E-state index contributed by atoms with van der Waals surface area (Å²) in [6.45, 7) is 1.30. The van der Waals surface area contributed by atoms with Gasteiger partial charge in [-0.25, -0.2) is 12.7 Å². The minimum absolute atomic E-state index is 0.410. The molecular formula is C13H19BrN2O2S2. The van der Waals surface area contributed by atoms with E-state index >= 15 is 0 Å². The molecule has 7 heteroatoms. The van der Waals surface area contributed by atoms with Crippen LogP contribution in [-0.4, -0.2) is 37.8 Å². The third kappa shape index (κ3) is 4.38. The van der Waals surface area contributed by atoms with Gasteiger partial charge in [-0.05, 0) is 52.9 Å². The van der Waals surface area contributed by atoms with Gasteiger partial charge in [0, 0.05) is 33.9 Å². The Hall–Kier alpha value is -0.240. The molecule has 1 aliphatic heterocycles. The Balaban J connectivity index is 1.94. The number of anilines is 1. The van der Waals surface area contributed by atoms with Crippen molar-refractivity contribution in [3.8, 4) is 0 Å². The normalized spacial score (nSPS) is 21.0. The van der Waals surface area contributed by atoms with E-state index in [1.165, 1.54) is 6.26 Å². The molecule has 20 heavy (non-hydrogen) atoms. The fourth-order valence-corrected chi connectivity index (χ4v) is 5.04. The van der Waals surface area contributed by atoms with E-state index in [-0.39, 0.29) is 0 Å². The van der Waals surface area contributed by atoms with Crippen molar-refractivity contribution >= 4 is 43.4 Å². The van der Waals surface area contributed by atoms with Crippen molar-refractivity contribution in [3.05, 3.63) is 22.7 Å². The molecule has 0 aliphatic carbocycles. The predicted octanol–water partition coefficient (Wildman–Crippen LogP) is 2.80. The van der Waals surface area contributed by atoms with Gasteiger partial charge in [0.1, 0.15) is 0 Å². The predicted molar refractivity (Wildman–Crippen MR) is 88.4 cm³/mol. The molecule has 1 unspecified atom stereocenters. The molecule has 4 nitrogen and oxygen atoms in total. The molecule has 0 radical (unpaired) electrons. The smallest absolute Gasteiger partial charge is 0.211 e. The van der Waals surface area contributed by atoms with Gasteiger partial charge in [-0.2, -0.15) is 0 Å². The van der Waals surface area contributed by atoms with Crippen LogP contribution in [0.15, 0.2) is 27.6 Å². The molecule has 0 aromatic heterocycles. The van der Waals surface area contributed by atoms with E-state index < -0.39 is 10.0 Å². The molecule has 1 heterocycles. The van der Waals surface area contributed by atoms with Gasteiger partial charge in [0.15, 0.2) is 0 Å². The van der Waals surface area contributed by atoms with Crippen molar-refractivity contribution in [3.63, 3.8) is 0 Å². The average Bonchev–Trinajstić information content (AvgIpc) is 2.37. The minimum atomic E-state index is -3.06. The zero-order valence-corrected chi connectivity index (χ0v) is 14.6. The first-order chi connectivity index (χ1) is 9.36. The number of benzene rings is 1. The van der Waals surface area contributed by atoms with Crippen LogP contribution in [0, 0.1) is 5.92 Å². The molecule has 1 saturated heterocycles. The summed E-state index contributed by atoms with van der Waals surface area (Å²) in [5.74, 6) is 1.34. The number of halogens is 1. The van der Waals surface area contributed by atoms with Crippen LogP contribution in [0.5, 0.6) is 0 Å². The second-order valence-electron chi connectivity index (χ2n) is 5.13. The summed E-state index contributed by atoms with van der Waals surface area (Å²) in [4.78, 5) is 1.15. The van der Waals surface area contributed by atoms with Crippen LogP contribution in [0.4, 0.5) is 5.69 Å². The van der Waals surface area contributed by atoms with Crippen molar-refractivity contribution in [1.29, 1.82) is 0 Å². The van der Waals surface area contributed by atoms with E-state index in [4.69, 9.17) is 5.73 Å². The van der Waals surface area contributed by atoms with E-state index in [1.54, 1.807) is 16.1 Å². The van der Waals surface area contributed by atoms with Crippen LogP contribution in [0.2, 0.25) is 0 Å². The summed E-state index contributed by atoms with van der Waals surface area (Å²) in [5, 5.41) is 0. The second-order valence-corrected chi connectivity index (χ2v) is 9.03. The van der Waals surface area contributed by atoms with Crippen LogP contribution in [-0.2, 0) is 10.0 Å². The molecule has 2 N–H and O–H groups in total. The lowest BCUT2D eigenvalue weighted by Gasteiger charge is -2.30. The first kappa shape index (κ1) is 16.1. The highest BCUT2D eigenvalue weighted by molar-refractivity contribution is 9.10. The van der Waals surface area contributed by atoms with Gasteiger partial charge in [-0.15, -0.1) is 11.8 Å². The SMILES string of the molecule is CS(=O)(=O)N1CCCC(CSc2ccc(N)cc2Br)C1. The standard InChI is InChI=1S/C13H19BrN2O2S2/c1-20(17,18)16-6-2-3-10(8-16)9-19-13-5-4-11(15)7-12(13)14/h4-5,7,10H,2-3,6,8-9,15H2,1H3. The van der Waals surface area contributed by atoms with E-state index in [0.29, 0.717) is 19.0 Å². The van der Waals surface area contributed by atoms with Crippen LogP contribution in [0.25, 0.3) is 0 Å². The maximum absolute atomic E-state index is 11.6. The number of hydrogen-bond acceptors (Lipinski definition) is 4. The number of sulfonamides is 1. The number of piperidine rings is 1. The number of nitrogens with zero attached hydrogens (tertiary/aromatic N) is 1. The molecule has 2 rings (SSSR count). The highest BCUT2D eigenvalue weighted by atomic mass is 79.9. The van der Waals surface area contributed by atoms with Crippen molar-refractivity contribution in [2.75, 3.05) is 30.8 Å². The topological polar surface area (TPSA) is 63.4 Å². The fourth-order valence-electron chi connectivity index (χ4n) is 2.31. The van der Waals surface area contributed by atoms with Crippen molar-refractivity contribution in [1.82, 2.24) is 4.31 Å². The minimum Gasteiger partial charge on any atom is -0.399 e. The van der Waals surface area contributed by atoms with E-state index in [0.717, 1.165) is 33.7 Å². The largest absolute Gasteiger partial charge is 0.399 e. The highest BCUT2D eigenvalue weighted by Crippen LogP contribution is 2.32. The summed E-state index contributed by atoms with van der Waals surface area (Å²) in [5.41, 5.74) is 6.46. The summed E-state index contributed by atoms with van der Waals surface area (Å²) in [7, 11) is -3.06. The summed E-state index contributed by atoms with van der Waals surface area (Å²) >= 11 is 5.26. The average molecular weight is 379 g/mol. The Morgan fingerprint density at radius 1 is 1.50 bits per heavy atom. The lowest BCUT2D eigenvalue weighted by molar-refractivity contribution is 0.286. The van der Waals surface area contributed by atoms with Gasteiger partial charge in [-0.1, -0.05) is 0 Å². The number of nitrogens with two attached hydrogens (primary N) is 1. The molecular weight excluding hydrogens is 360 g/mol. The van der Waals surface area contributed by atoms with Gasteiger partial charge in [-0.3, -0.25) is 0 Å². The summed E-state index contributed by atoms with van der Waals surface area (Å²) in [6.07, 6.45) is 3.33. The maximum atomic E-state index is 11.6. The summed E-state index contributed by atoms with van der Waals surface area (Å²) < 4.78 is 25.8. The molecule has 0 spiro atoms. The maximum Gasteiger partial charge on any atom is 0.211 e. The van der Waals surface area contributed by atoms with Crippen molar-refractivity contribution < 1.29 is 8.42 Å². The molecule has 0 bridgehead atoms. The first-order valence-corrected chi connectivity index (χ1v) is 10.1. The van der Waals surface area contributed by atoms with Gasteiger partial charge in [0.2, 0.25) is 10.0 Å². The van der Waals surface area contributed by atoms with Gasteiger partial charge in [0.25, 0.3) is 0 Å². The number of thioether (sulfide) groups is 1. The molecule has 0 saturated carbocycles. The zero-order chi connectivity index (χ0) is 14.8. The lowest BCUT2D eigenvalue weighted by Crippen LogP contribution is -2.39. The number of nitrogen functional groups attached to an aromatic ring is 1. The lowest BCUT2D eigenvalue weighted by atomic mass is 10.0. The van der Waals surface area contributed by atoms with Gasteiger partial charge in [0.05, 0.1) is 6.26 Å². The molecule has 1 aromatic carbocycles.